The minimum Gasteiger partial charge on any atom is -0.324 e. The lowest BCUT2D eigenvalue weighted by atomic mass is 10.0. The van der Waals surface area contributed by atoms with Crippen molar-refractivity contribution in [2.45, 2.75) is 31.2 Å². The van der Waals surface area contributed by atoms with E-state index in [1.807, 2.05) is 48.5 Å². The molecule has 3 aromatic carbocycles. The lowest BCUT2D eigenvalue weighted by Crippen LogP contribution is -2.47. The number of benzene rings is 3. The van der Waals surface area contributed by atoms with Gasteiger partial charge in [0.05, 0.1) is 4.90 Å². The van der Waals surface area contributed by atoms with Crippen molar-refractivity contribution in [2.24, 2.45) is 5.92 Å². The van der Waals surface area contributed by atoms with E-state index in [1.54, 1.807) is 19.9 Å². The summed E-state index contributed by atoms with van der Waals surface area (Å²) in [5, 5.41) is 2.87. The van der Waals surface area contributed by atoms with Gasteiger partial charge >= 0.3 is 0 Å². The van der Waals surface area contributed by atoms with Crippen LogP contribution in [-0.2, 0) is 21.2 Å². The number of halogens is 1. The molecule has 0 bridgehead atoms. The second-order valence-corrected chi connectivity index (χ2v) is 9.32. The van der Waals surface area contributed by atoms with E-state index in [1.165, 1.54) is 12.1 Å². The molecule has 0 radical (unpaired) electrons. The van der Waals surface area contributed by atoms with Gasteiger partial charge in [-0.25, -0.2) is 12.8 Å². The second kappa shape index (κ2) is 9.85. The smallest absolute Gasteiger partial charge is 0.242 e. The number of rotatable bonds is 8. The number of anilines is 1. The summed E-state index contributed by atoms with van der Waals surface area (Å²) in [4.78, 5) is 12.9. The van der Waals surface area contributed by atoms with Crippen LogP contribution in [0.5, 0.6) is 0 Å². The number of carbonyl (C=O) groups is 1. The molecular weight excluding hydrogens is 415 g/mol. The van der Waals surface area contributed by atoms with Crippen LogP contribution in [0.15, 0.2) is 83.8 Å². The standard InChI is InChI=1S/C24H25FN2O3S/c1-17(2)23(27-31(29,30)21-14-12-20(25)13-15-21)24(28)26-22-11-7-6-10-19(22)16-18-8-4-3-5-9-18/h3-15,17,23,27H,16H2,1-2H3,(H,26,28). The van der Waals surface area contributed by atoms with E-state index in [0.29, 0.717) is 12.1 Å². The Balaban J connectivity index is 1.79. The van der Waals surface area contributed by atoms with E-state index in [9.17, 15) is 17.6 Å². The van der Waals surface area contributed by atoms with Crippen LogP contribution in [0, 0.1) is 11.7 Å². The minimum atomic E-state index is -3.99. The Bertz CT molecular complexity index is 1130. The van der Waals surface area contributed by atoms with Gasteiger partial charge in [0.2, 0.25) is 15.9 Å². The highest BCUT2D eigenvalue weighted by Gasteiger charge is 2.28. The minimum absolute atomic E-state index is 0.100. The number of carbonyl (C=O) groups excluding carboxylic acids is 1. The second-order valence-electron chi connectivity index (χ2n) is 7.61. The molecule has 0 aliphatic heterocycles. The summed E-state index contributed by atoms with van der Waals surface area (Å²) in [5.74, 6) is -1.30. The Morgan fingerprint density at radius 3 is 2.16 bits per heavy atom. The number of hydrogen-bond acceptors (Lipinski definition) is 3. The van der Waals surface area contributed by atoms with E-state index >= 15 is 0 Å². The first-order chi connectivity index (χ1) is 14.8. The lowest BCUT2D eigenvalue weighted by Gasteiger charge is -2.22. The zero-order valence-electron chi connectivity index (χ0n) is 17.4. The highest BCUT2D eigenvalue weighted by atomic mass is 32.2. The van der Waals surface area contributed by atoms with Crippen molar-refractivity contribution in [1.82, 2.24) is 4.72 Å². The Hall–Kier alpha value is -3.03. The van der Waals surface area contributed by atoms with Gasteiger partial charge in [-0.1, -0.05) is 62.4 Å². The third-order valence-electron chi connectivity index (χ3n) is 4.87. The van der Waals surface area contributed by atoms with E-state index in [2.05, 4.69) is 10.0 Å². The quantitative estimate of drug-likeness (QED) is 0.547. The van der Waals surface area contributed by atoms with Gasteiger partial charge in [0.1, 0.15) is 11.9 Å². The fraction of sp³-hybridized carbons (Fsp3) is 0.208. The van der Waals surface area contributed by atoms with Gasteiger partial charge in [-0.3, -0.25) is 4.79 Å². The van der Waals surface area contributed by atoms with Gasteiger partial charge < -0.3 is 5.32 Å². The molecule has 1 amide bonds. The summed E-state index contributed by atoms with van der Waals surface area (Å²) in [6.07, 6.45) is 0.630. The molecule has 3 aromatic rings. The molecule has 31 heavy (non-hydrogen) atoms. The fourth-order valence-electron chi connectivity index (χ4n) is 3.16. The molecule has 0 saturated heterocycles. The molecule has 0 saturated carbocycles. The van der Waals surface area contributed by atoms with Crippen molar-refractivity contribution < 1.29 is 17.6 Å². The maximum absolute atomic E-state index is 13.2. The van der Waals surface area contributed by atoms with E-state index in [0.717, 1.165) is 23.3 Å². The Morgan fingerprint density at radius 2 is 1.52 bits per heavy atom. The fourth-order valence-corrected chi connectivity index (χ4v) is 4.51. The van der Waals surface area contributed by atoms with Crippen molar-refractivity contribution in [3.05, 3.63) is 95.8 Å². The molecule has 5 nitrogen and oxygen atoms in total. The van der Waals surface area contributed by atoms with Crippen LogP contribution in [0.3, 0.4) is 0 Å². The molecule has 2 N–H and O–H groups in total. The third kappa shape index (κ3) is 5.99. The summed E-state index contributed by atoms with van der Waals surface area (Å²) in [5.41, 5.74) is 2.65. The van der Waals surface area contributed by atoms with Crippen LogP contribution in [-0.4, -0.2) is 20.4 Å². The summed E-state index contributed by atoms with van der Waals surface area (Å²) in [6, 6.07) is 20.8. The number of sulfonamides is 1. The maximum Gasteiger partial charge on any atom is 0.242 e. The van der Waals surface area contributed by atoms with E-state index in [4.69, 9.17) is 0 Å². The summed E-state index contributed by atoms with van der Waals surface area (Å²) >= 11 is 0. The van der Waals surface area contributed by atoms with Crippen molar-refractivity contribution in [3.8, 4) is 0 Å². The van der Waals surface area contributed by atoms with Crippen molar-refractivity contribution in [3.63, 3.8) is 0 Å². The monoisotopic (exact) mass is 440 g/mol. The van der Waals surface area contributed by atoms with E-state index in [-0.39, 0.29) is 10.8 Å². The Morgan fingerprint density at radius 1 is 0.903 bits per heavy atom. The predicted molar refractivity (Wildman–Crippen MR) is 120 cm³/mol. The first kappa shape index (κ1) is 22.7. The van der Waals surface area contributed by atoms with Gasteiger partial charge in [-0.2, -0.15) is 4.72 Å². The molecule has 0 aliphatic rings. The molecule has 0 aromatic heterocycles. The number of hydrogen-bond donors (Lipinski definition) is 2. The van der Waals surface area contributed by atoms with Crippen LogP contribution in [0.4, 0.5) is 10.1 Å². The molecule has 0 spiro atoms. The Labute approximate surface area is 182 Å². The topological polar surface area (TPSA) is 75.3 Å². The third-order valence-corrected chi connectivity index (χ3v) is 6.32. The summed E-state index contributed by atoms with van der Waals surface area (Å²) in [6.45, 7) is 3.51. The first-order valence-electron chi connectivity index (χ1n) is 9.97. The highest BCUT2D eigenvalue weighted by Crippen LogP contribution is 2.21. The van der Waals surface area contributed by atoms with Crippen LogP contribution >= 0.6 is 0 Å². The van der Waals surface area contributed by atoms with Gasteiger partial charge in [-0.15, -0.1) is 0 Å². The van der Waals surface area contributed by atoms with Crippen LogP contribution < -0.4 is 10.0 Å². The van der Waals surface area contributed by atoms with Gasteiger partial charge in [0, 0.05) is 5.69 Å². The molecule has 0 aliphatic carbocycles. The normalized spacial score (nSPS) is 12.5. The van der Waals surface area contributed by atoms with Crippen LogP contribution in [0.1, 0.15) is 25.0 Å². The molecule has 162 valence electrons. The molecule has 0 heterocycles. The summed E-state index contributed by atoms with van der Waals surface area (Å²) in [7, 11) is -3.99. The largest absolute Gasteiger partial charge is 0.324 e. The molecule has 7 heteroatoms. The van der Waals surface area contributed by atoms with Crippen molar-refractivity contribution >= 4 is 21.6 Å². The highest BCUT2D eigenvalue weighted by molar-refractivity contribution is 7.89. The molecule has 3 rings (SSSR count). The van der Waals surface area contributed by atoms with Crippen LogP contribution in [0.25, 0.3) is 0 Å². The first-order valence-corrected chi connectivity index (χ1v) is 11.4. The zero-order chi connectivity index (χ0) is 22.4. The molecule has 0 fully saturated rings. The SMILES string of the molecule is CC(C)C(NS(=O)(=O)c1ccc(F)cc1)C(=O)Nc1ccccc1Cc1ccccc1. The van der Waals surface area contributed by atoms with Gasteiger partial charge in [0.15, 0.2) is 0 Å². The van der Waals surface area contributed by atoms with Crippen LogP contribution in [0.2, 0.25) is 0 Å². The Kier molecular flexibility index (Phi) is 7.20. The van der Waals surface area contributed by atoms with E-state index < -0.39 is 27.8 Å². The average Bonchev–Trinajstić information content (AvgIpc) is 2.74. The van der Waals surface area contributed by atoms with Gasteiger partial charge in [-0.05, 0) is 53.8 Å². The number of para-hydroxylation sites is 1. The van der Waals surface area contributed by atoms with Crippen molar-refractivity contribution in [2.75, 3.05) is 5.32 Å². The van der Waals surface area contributed by atoms with Gasteiger partial charge in [0.25, 0.3) is 0 Å². The molecule has 1 unspecified atom stereocenters. The maximum atomic E-state index is 13.2. The molecule has 1 atom stereocenters. The predicted octanol–water partition coefficient (Wildman–Crippen LogP) is 4.36. The number of nitrogens with one attached hydrogen (secondary N) is 2. The summed E-state index contributed by atoms with van der Waals surface area (Å²) < 4.78 is 41.0. The number of amides is 1. The molecular formula is C24H25FN2O3S. The van der Waals surface area contributed by atoms with Crippen molar-refractivity contribution in [1.29, 1.82) is 0 Å². The lowest BCUT2D eigenvalue weighted by molar-refractivity contribution is -0.118. The average molecular weight is 441 g/mol. The zero-order valence-corrected chi connectivity index (χ0v) is 18.2.